The average molecular weight is 380 g/mol. The van der Waals surface area contributed by atoms with Crippen molar-refractivity contribution in [3.8, 4) is 17.3 Å². The lowest BCUT2D eigenvalue weighted by atomic mass is 9.90. The molecule has 0 spiro atoms. The maximum atomic E-state index is 9.84. The summed E-state index contributed by atoms with van der Waals surface area (Å²) in [4.78, 5) is 4.65. The highest BCUT2D eigenvalue weighted by Gasteiger charge is 2.22. The van der Waals surface area contributed by atoms with Crippen LogP contribution in [0.25, 0.3) is 23.3 Å². The van der Waals surface area contributed by atoms with E-state index < -0.39 is 6.10 Å². The van der Waals surface area contributed by atoms with E-state index in [2.05, 4.69) is 28.3 Å². The van der Waals surface area contributed by atoms with Gasteiger partial charge in [0.1, 0.15) is 11.8 Å². The summed E-state index contributed by atoms with van der Waals surface area (Å²) in [6.45, 7) is 8.08. The number of fused-ring (bicyclic) bond motifs is 1. The van der Waals surface area contributed by atoms with Crippen LogP contribution in [0.3, 0.4) is 0 Å². The lowest BCUT2D eigenvalue weighted by Crippen LogP contribution is -2.15. The van der Waals surface area contributed by atoms with E-state index in [0.29, 0.717) is 35.3 Å². The molecular formula is C21H24N4O3. The molecule has 0 bridgehead atoms. The van der Waals surface area contributed by atoms with Crippen molar-refractivity contribution < 1.29 is 14.3 Å². The molecule has 3 heterocycles. The Hall–Kier alpha value is -2.93. The van der Waals surface area contributed by atoms with Crippen LogP contribution in [-0.2, 0) is 0 Å². The van der Waals surface area contributed by atoms with E-state index in [0.717, 1.165) is 0 Å². The lowest BCUT2D eigenvalue weighted by Gasteiger charge is -2.21. The van der Waals surface area contributed by atoms with Gasteiger partial charge < -0.3 is 14.3 Å². The van der Waals surface area contributed by atoms with Crippen LogP contribution in [0.1, 0.15) is 49.8 Å². The summed E-state index contributed by atoms with van der Waals surface area (Å²) in [5, 5.41) is 17.8. The second-order valence-corrected chi connectivity index (χ2v) is 7.06. The Morgan fingerprint density at radius 1 is 1.29 bits per heavy atom. The smallest absolute Gasteiger partial charge is 0.267 e. The first-order chi connectivity index (χ1) is 13.7. The minimum Gasteiger partial charge on any atom is -0.489 e. The molecule has 1 atom stereocenters. The highest BCUT2D eigenvalue weighted by atomic mass is 16.5. The summed E-state index contributed by atoms with van der Waals surface area (Å²) >= 11 is 0. The van der Waals surface area contributed by atoms with Crippen LogP contribution < -0.4 is 4.74 Å². The van der Waals surface area contributed by atoms with Crippen LogP contribution in [-0.4, -0.2) is 31.3 Å². The summed E-state index contributed by atoms with van der Waals surface area (Å²) in [6, 6.07) is 3.82. The predicted molar refractivity (Wildman–Crippen MR) is 106 cm³/mol. The normalized spacial score (nSPS) is 16.2. The fourth-order valence-electron chi connectivity index (χ4n) is 3.64. The van der Waals surface area contributed by atoms with E-state index >= 15 is 0 Å². The highest BCUT2D eigenvalue weighted by Crippen LogP contribution is 2.31. The van der Waals surface area contributed by atoms with Crippen molar-refractivity contribution in [2.24, 2.45) is 5.92 Å². The maximum Gasteiger partial charge on any atom is 0.267 e. The number of imidazole rings is 1. The van der Waals surface area contributed by atoms with E-state index in [1.165, 1.54) is 38.2 Å². The number of aromatic nitrogens is 4. The van der Waals surface area contributed by atoms with Crippen LogP contribution in [0.15, 0.2) is 42.0 Å². The average Bonchev–Trinajstić information content (AvgIpc) is 3.36. The molecule has 0 saturated heterocycles. The van der Waals surface area contributed by atoms with Gasteiger partial charge >= 0.3 is 0 Å². The zero-order chi connectivity index (χ0) is 19.5. The summed E-state index contributed by atoms with van der Waals surface area (Å²) in [7, 11) is 0. The molecule has 0 radical (unpaired) electrons. The van der Waals surface area contributed by atoms with Gasteiger partial charge in [-0.1, -0.05) is 38.5 Å². The Bertz CT molecular complexity index is 985. The van der Waals surface area contributed by atoms with Crippen molar-refractivity contribution in [2.75, 3.05) is 6.61 Å². The maximum absolute atomic E-state index is 9.84. The minimum atomic E-state index is -1.01. The Morgan fingerprint density at radius 3 is 2.86 bits per heavy atom. The van der Waals surface area contributed by atoms with Crippen LogP contribution in [0.2, 0.25) is 0 Å². The molecule has 3 aromatic heterocycles. The van der Waals surface area contributed by atoms with E-state index in [1.54, 1.807) is 6.08 Å². The number of aliphatic hydroxyl groups is 1. The number of rotatable bonds is 7. The molecule has 0 aliphatic heterocycles. The van der Waals surface area contributed by atoms with Crippen molar-refractivity contribution in [1.29, 1.82) is 0 Å². The lowest BCUT2D eigenvalue weighted by molar-refractivity contribution is 0.191. The number of nitrogens with zero attached hydrogens (tertiary/aromatic N) is 4. The number of pyridine rings is 1. The zero-order valence-electron chi connectivity index (χ0n) is 15.8. The van der Waals surface area contributed by atoms with Gasteiger partial charge in [-0.2, -0.15) is 0 Å². The number of hydrogen-bond acceptors (Lipinski definition) is 6. The fraction of sp³-hybridized carbons (Fsp3) is 0.381. The monoisotopic (exact) mass is 380 g/mol. The molecule has 1 saturated carbocycles. The molecule has 28 heavy (non-hydrogen) atoms. The fourth-order valence-corrected chi connectivity index (χ4v) is 3.64. The molecule has 4 rings (SSSR count). The molecular weight excluding hydrogens is 356 g/mol. The topological polar surface area (TPSA) is 85.7 Å². The number of aliphatic hydroxyl groups excluding tert-OH is 1. The van der Waals surface area contributed by atoms with Gasteiger partial charge in [0, 0.05) is 6.20 Å². The molecule has 1 fully saturated rings. The van der Waals surface area contributed by atoms with Crippen molar-refractivity contribution in [2.45, 2.75) is 38.2 Å². The van der Waals surface area contributed by atoms with E-state index in [9.17, 15) is 5.11 Å². The second kappa shape index (κ2) is 7.98. The molecule has 1 unspecified atom stereocenters. The first-order valence-corrected chi connectivity index (χ1v) is 9.62. The van der Waals surface area contributed by atoms with Gasteiger partial charge in [0.15, 0.2) is 11.4 Å². The van der Waals surface area contributed by atoms with Gasteiger partial charge in [-0.15, -0.1) is 10.2 Å². The first kappa shape index (κ1) is 18.4. The Kier molecular flexibility index (Phi) is 5.25. The summed E-state index contributed by atoms with van der Waals surface area (Å²) < 4.78 is 13.6. The van der Waals surface area contributed by atoms with E-state index in [4.69, 9.17) is 9.15 Å². The zero-order valence-corrected chi connectivity index (χ0v) is 15.8. The molecule has 7 nitrogen and oxygen atoms in total. The van der Waals surface area contributed by atoms with Gasteiger partial charge in [0.2, 0.25) is 5.89 Å². The van der Waals surface area contributed by atoms with Crippen LogP contribution in [0, 0.1) is 5.92 Å². The van der Waals surface area contributed by atoms with Gasteiger partial charge in [0.25, 0.3) is 5.89 Å². The van der Waals surface area contributed by atoms with Crippen molar-refractivity contribution in [3.63, 3.8) is 0 Å². The van der Waals surface area contributed by atoms with Gasteiger partial charge in [-0.3, -0.25) is 4.40 Å². The molecule has 0 amide bonds. The predicted octanol–water partition coefficient (Wildman–Crippen LogP) is 4.21. The molecule has 0 aromatic carbocycles. The van der Waals surface area contributed by atoms with Crippen LogP contribution in [0.4, 0.5) is 0 Å². The molecule has 146 valence electrons. The third-order valence-corrected chi connectivity index (χ3v) is 5.15. The Labute approximate surface area is 163 Å². The van der Waals surface area contributed by atoms with Crippen molar-refractivity contribution in [3.05, 3.63) is 49.1 Å². The van der Waals surface area contributed by atoms with Crippen LogP contribution >= 0.6 is 0 Å². The van der Waals surface area contributed by atoms with Crippen molar-refractivity contribution >= 4 is 11.7 Å². The first-order valence-electron chi connectivity index (χ1n) is 9.62. The molecule has 7 heteroatoms. The highest BCUT2D eigenvalue weighted by molar-refractivity contribution is 5.71. The molecule has 1 aliphatic rings. The van der Waals surface area contributed by atoms with E-state index in [-0.39, 0.29) is 11.8 Å². The van der Waals surface area contributed by atoms with Crippen LogP contribution in [0.5, 0.6) is 5.75 Å². The summed E-state index contributed by atoms with van der Waals surface area (Å²) in [5.41, 5.74) is 1.90. The SMILES string of the molecule is C=Cc1nc2c(OCC3CCCCC3)cccn2c1-c1nnc(C(O)C=C)o1. The Morgan fingerprint density at radius 2 is 2.11 bits per heavy atom. The third-order valence-electron chi connectivity index (χ3n) is 5.15. The van der Waals surface area contributed by atoms with Gasteiger partial charge in [-0.05, 0) is 37.0 Å². The van der Waals surface area contributed by atoms with Gasteiger partial charge in [0.05, 0.1) is 12.3 Å². The van der Waals surface area contributed by atoms with Gasteiger partial charge in [-0.25, -0.2) is 4.98 Å². The molecule has 3 aromatic rings. The second-order valence-electron chi connectivity index (χ2n) is 7.06. The minimum absolute atomic E-state index is 0.0830. The number of hydrogen-bond donors (Lipinski definition) is 1. The Balaban J connectivity index is 1.68. The molecule has 1 aliphatic carbocycles. The molecule has 1 N–H and O–H groups in total. The quantitative estimate of drug-likeness (QED) is 0.618. The summed E-state index contributed by atoms with van der Waals surface area (Å²) in [6.07, 6.45) is 10.1. The summed E-state index contributed by atoms with van der Waals surface area (Å²) in [5.74, 6) is 1.65. The largest absolute Gasteiger partial charge is 0.489 e. The third kappa shape index (κ3) is 3.45. The standard InChI is InChI=1S/C21H24N4O3/c1-3-15-18(21-24-23-20(28-21)16(26)4-2)25-12-8-11-17(19(25)22-15)27-13-14-9-6-5-7-10-14/h3-4,8,11-12,14,16,26H,1-2,5-7,9-10,13H2. The van der Waals surface area contributed by atoms with E-state index in [1.807, 2.05) is 22.7 Å². The number of ether oxygens (including phenoxy) is 1. The van der Waals surface area contributed by atoms with Crippen molar-refractivity contribution in [1.82, 2.24) is 19.6 Å².